The second-order valence-electron chi connectivity index (χ2n) is 20.7. The summed E-state index contributed by atoms with van der Waals surface area (Å²) in [6.45, 7) is 0. The molecule has 362 valence electrons. The van der Waals surface area contributed by atoms with Crippen molar-refractivity contribution >= 4 is 64.6 Å². The van der Waals surface area contributed by atoms with Crippen LogP contribution in [0, 0.1) is 0 Å². The Bertz CT molecular complexity index is 4470. The first-order valence-corrected chi connectivity index (χ1v) is 27.0. The second-order valence-corrected chi connectivity index (χ2v) is 20.7. The molecule has 0 aliphatic carbocycles. The van der Waals surface area contributed by atoms with Gasteiger partial charge in [-0.3, -0.25) is 0 Å². The van der Waals surface area contributed by atoms with Gasteiger partial charge in [-0.15, -0.1) is 0 Å². The second kappa shape index (κ2) is 18.9. The van der Waals surface area contributed by atoms with Crippen LogP contribution in [0.1, 0.15) is 0 Å². The van der Waals surface area contributed by atoms with Gasteiger partial charge < -0.3 is 0 Å². The van der Waals surface area contributed by atoms with Crippen molar-refractivity contribution in [3.05, 3.63) is 303 Å². The Hall–Kier alpha value is -10.1. The van der Waals surface area contributed by atoms with Crippen LogP contribution >= 0.6 is 0 Å². The summed E-state index contributed by atoms with van der Waals surface area (Å²) in [5.41, 5.74) is 19.1. The predicted octanol–water partition coefficient (Wildman–Crippen LogP) is 21.9. The lowest BCUT2D eigenvalue weighted by Gasteiger charge is -2.20. The van der Waals surface area contributed by atoms with Gasteiger partial charge in [-0.05, 0) is 178 Å². The lowest BCUT2D eigenvalue weighted by Crippen LogP contribution is -1.94. The van der Waals surface area contributed by atoms with E-state index in [0.29, 0.717) is 0 Å². The number of rotatable bonds is 8. The summed E-state index contributed by atoms with van der Waals surface area (Å²) < 4.78 is 0. The summed E-state index contributed by atoms with van der Waals surface area (Å²) >= 11 is 0. The Morgan fingerprint density at radius 1 is 0.115 bits per heavy atom. The van der Waals surface area contributed by atoms with E-state index in [1.807, 2.05) is 0 Å². The third kappa shape index (κ3) is 7.85. The zero-order valence-electron chi connectivity index (χ0n) is 42.9. The molecular weight excluding hydrogens is 937 g/mol. The van der Waals surface area contributed by atoms with Crippen LogP contribution in [-0.4, -0.2) is 0 Å². The van der Waals surface area contributed by atoms with E-state index in [0.717, 1.165) is 22.3 Å². The summed E-state index contributed by atoms with van der Waals surface area (Å²) in [7, 11) is 0. The van der Waals surface area contributed by atoms with Crippen molar-refractivity contribution in [2.75, 3.05) is 0 Å². The van der Waals surface area contributed by atoms with Gasteiger partial charge in [0.05, 0.1) is 0 Å². The largest absolute Gasteiger partial charge is 0.0616 e. The highest BCUT2D eigenvalue weighted by molar-refractivity contribution is 6.15. The number of hydrogen-bond acceptors (Lipinski definition) is 0. The fourth-order valence-electron chi connectivity index (χ4n) is 12.4. The Labute approximate surface area is 454 Å². The van der Waals surface area contributed by atoms with Gasteiger partial charge in [-0.1, -0.05) is 279 Å². The van der Waals surface area contributed by atoms with Crippen LogP contribution in [0.15, 0.2) is 303 Å². The SMILES string of the molecule is c1ccc2c(-c3ccc(-c4cc(-c5ccc(-c6cc7ccccc7c7ccccc67)cc5)c(-c5ccc(-c6cccc7ccccc67)cc5)cc4-c4ccc(-c5cc6ccccc6c6ccccc56)cc4)cc3)cccc2c1. The molecule has 0 fully saturated rings. The Morgan fingerprint density at radius 3 is 0.679 bits per heavy atom. The van der Waals surface area contributed by atoms with Crippen molar-refractivity contribution < 1.29 is 0 Å². The van der Waals surface area contributed by atoms with Gasteiger partial charge in [-0.2, -0.15) is 0 Å². The van der Waals surface area contributed by atoms with Crippen LogP contribution in [0.2, 0.25) is 0 Å². The predicted molar refractivity (Wildman–Crippen MR) is 335 cm³/mol. The van der Waals surface area contributed by atoms with E-state index in [1.54, 1.807) is 0 Å². The zero-order valence-corrected chi connectivity index (χ0v) is 42.9. The molecule has 0 aliphatic heterocycles. The first-order valence-electron chi connectivity index (χ1n) is 27.0. The van der Waals surface area contributed by atoms with Crippen LogP contribution in [0.5, 0.6) is 0 Å². The molecule has 0 saturated carbocycles. The highest BCUT2D eigenvalue weighted by atomic mass is 14.2. The van der Waals surface area contributed by atoms with Gasteiger partial charge >= 0.3 is 0 Å². The maximum Gasteiger partial charge on any atom is -0.00988 e. The normalized spacial score (nSPS) is 11.6. The summed E-state index contributed by atoms with van der Waals surface area (Å²) in [5.74, 6) is 0. The van der Waals surface area contributed by atoms with Crippen molar-refractivity contribution in [3.8, 4) is 89.0 Å². The van der Waals surface area contributed by atoms with E-state index < -0.39 is 0 Å². The summed E-state index contributed by atoms with van der Waals surface area (Å²) in [6.07, 6.45) is 0. The van der Waals surface area contributed by atoms with Gasteiger partial charge in [-0.25, -0.2) is 0 Å². The number of hydrogen-bond donors (Lipinski definition) is 0. The van der Waals surface area contributed by atoms with E-state index >= 15 is 0 Å². The molecule has 15 aromatic rings. The molecule has 0 unspecified atom stereocenters. The molecule has 0 spiro atoms. The van der Waals surface area contributed by atoms with Crippen LogP contribution < -0.4 is 0 Å². The van der Waals surface area contributed by atoms with E-state index in [4.69, 9.17) is 0 Å². The first kappa shape index (κ1) is 45.3. The molecule has 0 nitrogen and oxygen atoms in total. The quantitative estimate of drug-likeness (QED) is 0.133. The van der Waals surface area contributed by atoms with Gasteiger partial charge in [0, 0.05) is 0 Å². The Kier molecular flexibility index (Phi) is 11.0. The average molecular weight is 987 g/mol. The molecule has 0 aliphatic rings. The molecule has 15 aromatic carbocycles. The molecule has 0 heterocycles. The molecule has 0 heteroatoms. The van der Waals surface area contributed by atoms with Crippen LogP contribution in [0.25, 0.3) is 154 Å². The smallest absolute Gasteiger partial charge is 0.00988 e. The standard InChI is InChI=1S/C78H50/c1-5-21-63-51(15-1)19-13-29-65(63)53-31-35-57(36-32-53)75-49-78(60-45-41-56(42-46-60)74-48-62-18-4-8-24-68(62)70-26-10-12-28-72(70)74)76(58-37-33-54(34-38-58)66-30-14-20-52-16-2-6-22-64(52)66)50-77(75)59-43-39-55(40-44-59)73-47-61-17-3-7-23-67(61)69-25-9-11-27-71(69)73/h1-50H. The van der Waals surface area contributed by atoms with Crippen LogP contribution in [-0.2, 0) is 0 Å². The highest BCUT2D eigenvalue weighted by Gasteiger charge is 2.19. The van der Waals surface area contributed by atoms with Crippen molar-refractivity contribution in [2.45, 2.75) is 0 Å². The molecule has 0 amide bonds. The zero-order chi connectivity index (χ0) is 51.5. The van der Waals surface area contributed by atoms with Gasteiger partial charge in [0.1, 0.15) is 0 Å². The van der Waals surface area contributed by atoms with Crippen LogP contribution in [0.3, 0.4) is 0 Å². The maximum atomic E-state index is 2.46. The molecule has 0 radical (unpaired) electrons. The van der Waals surface area contributed by atoms with E-state index in [2.05, 4.69) is 303 Å². The van der Waals surface area contributed by atoms with E-state index in [1.165, 1.54) is 131 Å². The van der Waals surface area contributed by atoms with Crippen molar-refractivity contribution in [3.63, 3.8) is 0 Å². The molecule has 0 saturated heterocycles. The molecule has 0 N–H and O–H groups in total. The summed E-state index contributed by atoms with van der Waals surface area (Å²) in [6, 6.07) is 112. The number of benzene rings is 15. The molecule has 0 atom stereocenters. The highest BCUT2D eigenvalue weighted by Crippen LogP contribution is 2.46. The minimum absolute atomic E-state index is 1.16. The minimum Gasteiger partial charge on any atom is -0.0616 e. The Balaban J connectivity index is 0.924. The third-order valence-corrected chi connectivity index (χ3v) is 16.3. The number of fused-ring (bicyclic) bond motifs is 8. The topological polar surface area (TPSA) is 0 Å². The van der Waals surface area contributed by atoms with Gasteiger partial charge in [0.2, 0.25) is 0 Å². The van der Waals surface area contributed by atoms with Crippen molar-refractivity contribution in [1.82, 2.24) is 0 Å². The molecular formula is C78H50. The first-order chi connectivity index (χ1) is 38.7. The molecule has 78 heavy (non-hydrogen) atoms. The molecule has 0 bridgehead atoms. The summed E-state index contributed by atoms with van der Waals surface area (Å²) in [5, 5.41) is 15.1. The maximum absolute atomic E-state index is 2.46. The average Bonchev–Trinajstić information content (AvgIpc) is 3.67. The lowest BCUT2D eigenvalue weighted by atomic mass is 9.84. The monoisotopic (exact) mass is 986 g/mol. The summed E-state index contributed by atoms with van der Waals surface area (Å²) in [4.78, 5) is 0. The van der Waals surface area contributed by atoms with E-state index in [-0.39, 0.29) is 0 Å². The molecule has 0 aromatic heterocycles. The molecule has 15 rings (SSSR count). The van der Waals surface area contributed by atoms with Gasteiger partial charge in [0.25, 0.3) is 0 Å². The lowest BCUT2D eigenvalue weighted by molar-refractivity contribution is 1.54. The Morgan fingerprint density at radius 2 is 0.346 bits per heavy atom. The van der Waals surface area contributed by atoms with Crippen molar-refractivity contribution in [1.29, 1.82) is 0 Å². The third-order valence-electron chi connectivity index (χ3n) is 16.3. The fourth-order valence-corrected chi connectivity index (χ4v) is 12.4. The van der Waals surface area contributed by atoms with Crippen LogP contribution in [0.4, 0.5) is 0 Å². The van der Waals surface area contributed by atoms with Gasteiger partial charge in [0.15, 0.2) is 0 Å². The minimum atomic E-state index is 1.16. The van der Waals surface area contributed by atoms with Crippen molar-refractivity contribution in [2.24, 2.45) is 0 Å². The fraction of sp³-hybridized carbons (Fsp3) is 0. The van der Waals surface area contributed by atoms with E-state index in [9.17, 15) is 0 Å².